The van der Waals surface area contributed by atoms with Gasteiger partial charge in [0.25, 0.3) is 0 Å². The summed E-state index contributed by atoms with van der Waals surface area (Å²) in [7, 11) is 1.86. The first-order valence-corrected chi connectivity index (χ1v) is 6.10. The molecule has 0 aliphatic carbocycles. The number of morpholine rings is 1. The number of carbonyl (C=O) groups excluding carboxylic acids is 2. The Kier molecular flexibility index (Phi) is 6.63. The number of likely N-dealkylation sites (N-methyl/N-ethyl adjacent to an activating group) is 1. The molecule has 104 valence electrons. The summed E-state index contributed by atoms with van der Waals surface area (Å²) in [5, 5.41) is 5.21. The van der Waals surface area contributed by atoms with E-state index in [9.17, 15) is 9.59 Å². The highest BCUT2D eigenvalue weighted by Crippen LogP contribution is 2.03. The van der Waals surface area contributed by atoms with Crippen molar-refractivity contribution in [3.8, 4) is 0 Å². The molecule has 0 bridgehead atoms. The minimum absolute atomic E-state index is 0.0825. The predicted octanol–water partition coefficient (Wildman–Crippen LogP) is -0.821. The molecular formula is C11H21N3O4. The number of ether oxygens (including phenoxy) is 2. The van der Waals surface area contributed by atoms with Gasteiger partial charge < -0.3 is 14.8 Å². The second-order valence-corrected chi connectivity index (χ2v) is 4.05. The number of nitrogens with zero attached hydrogens (tertiary/aromatic N) is 1. The highest BCUT2D eigenvalue weighted by atomic mass is 16.5. The Bertz CT molecular complexity index is 283. The molecule has 1 saturated heterocycles. The molecule has 2 amide bonds. The van der Waals surface area contributed by atoms with Gasteiger partial charge in [0.15, 0.2) is 0 Å². The maximum atomic E-state index is 11.6. The van der Waals surface area contributed by atoms with Crippen LogP contribution in [0.4, 0.5) is 4.79 Å². The molecule has 2 N–H and O–H groups in total. The van der Waals surface area contributed by atoms with E-state index in [1.54, 1.807) is 6.92 Å². The zero-order valence-corrected chi connectivity index (χ0v) is 10.9. The third kappa shape index (κ3) is 5.44. The van der Waals surface area contributed by atoms with Crippen LogP contribution >= 0.6 is 0 Å². The molecule has 7 heteroatoms. The predicted molar refractivity (Wildman–Crippen MR) is 65.3 cm³/mol. The SMILES string of the molecule is CCOC(=O)NC(=O)CN1CCOC(CNC)C1. The summed E-state index contributed by atoms with van der Waals surface area (Å²) in [6.45, 7) is 4.83. The molecule has 1 aliphatic heterocycles. The molecule has 0 aromatic rings. The highest BCUT2D eigenvalue weighted by molar-refractivity contribution is 5.92. The van der Waals surface area contributed by atoms with Crippen LogP contribution < -0.4 is 10.6 Å². The van der Waals surface area contributed by atoms with Crippen molar-refractivity contribution in [1.29, 1.82) is 0 Å². The number of imide groups is 1. The van der Waals surface area contributed by atoms with Crippen molar-refractivity contribution in [2.24, 2.45) is 0 Å². The van der Waals surface area contributed by atoms with Gasteiger partial charge in [-0.2, -0.15) is 0 Å². The Balaban J connectivity index is 2.28. The highest BCUT2D eigenvalue weighted by Gasteiger charge is 2.22. The van der Waals surface area contributed by atoms with Crippen molar-refractivity contribution in [2.45, 2.75) is 13.0 Å². The Morgan fingerprint density at radius 1 is 1.50 bits per heavy atom. The third-order valence-electron chi connectivity index (χ3n) is 2.54. The lowest BCUT2D eigenvalue weighted by Crippen LogP contribution is -2.50. The zero-order chi connectivity index (χ0) is 13.4. The van der Waals surface area contributed by atoms with Crippen LogP contribution in [-0.4, -0.2) is 69.4 Å². The van der Waals surface area contributed by atoms with Crippen molar-refractivity contribution in [2.75, 3.05) is 46.4 Å². The number of rotatable bonds is 5. The van der Waals surface area contributed by atoms with Gasteiger partial charge in [0.1, 0.15) is 0 Å². The minimum atomic E-state index is -0.692. The van der Waals surface area contributed by atoms with Crippen LogP contribution in [0.25, 0.3) is 0 Å². The maximum Gasteiger partial charge on any atom is 0.413 e. The molecule has 1 aliphatic rings. The summed E-state index contributed by atoms with van der Waals surface area (Å²) in [5.41, 5.74) is 0. The summed E-state index contributed by atoms with van der Waals surface area (Å²) in [6.07, 6.45) is -0.610. The fraction of sp³-hybridized carbons (Fsp3) is 0.818. The van der Waals surface area contributed by atoms with Gasteiger partial charge in [0.05, 0.1) is 25.9 Å². The monoisotopic (exact) mass is 259 g/mol. The van der Waals surface area contributed by atoms with E-state index < -0.39 is 6.09 Å². The van der Waals surface area contributed by atoms with E-state index in [0.29, 0.717) is 19.7 Å². The second kappa shape index (κ2) is 8.02. The molecule has 1 atom stereocenters. The van der Waals surface area contributed by atoms with E-state index in [2.05, 4.69) is 15.4 Å². The summed E-state index contributed by atoms with van der Waals surface area (Å²) in [4.78, 5) is 24.6. The number of amides is 2. The molecule has 1 rings (SSSR count). The Labute approximate surface area is 107 Å². The van der Waals surface area contributed by atoms with E-state index in [-0.39, 0.29) is 25.2 Å². The lowest BCUT2D eigenvalue weighted by atomic mass is 10.2. The van der Waals surface area contributed by atoms with E-state index in [4.69, 9.17) is 4.74 Å². The number of alkyl carbamates (subject to hydrolysis) is 1. The first-order valence-electron chi connectivity index (χ1n) is 6.10. The van der Waals surface area contributed by atoms with Crippen LogP contribution in [0.5, 0.6) is 0 Å². The molecule has 1 fully saturated rings. The van der Waals surface area contributed by atoms with Gasteiger partial charge in [-0.25, -0.2) is 4.79 Å². The van der Waals surface area contributed by atoms with Gasteiger partial charge in [0, 0.05) is 19.6 Å². The van der Waals surface area contributed by atoms with Crippen LogP contribution in [0.1, 0.15) is 6.92 Å². The van der Waals surface area contributed by atoms with Crippen molar-refractivity contribution in [3.05, 3.63) is 0 Å². The van der Waals surface area contributed by atoms with E-state index >= 15 is 0 Å². The fourth-order valence-electron chi connectivity index (χ4n) is 1.80. The second-order valence-electron chi connectivity index (χ2n) is 4.05. The maximum absolute atomic E-state index is 11.6. The number of nitrogens with one attached hydrogen (secondary N) is 2. The van der Waals surface area contributed by atoms with Gasteiger partial charge >= 0.3 is 6.09 Å². The summed E-state index contributed by atoms with van der Waals surface area (Å²) >= 11 is 0. The first kappa shape index (κ1) is 14.9. The molecule has 0 spiro atoms. The van der Waals surface area contributed by atoms with Crippen LogP contribution in [0.2, 0.25) is 0 Å². The molecule has 0 aromatic heterocycles. The smallest absolute Gasteiger partial charge is 0.413 e. The number of carbonyl (C=O) groups is 2. The average molecular weight is 259 g/mol. The standard InChI is InChI=1S/C11H21N3O4/c1-3-17-11(16)13-10(15)8-14-4-5-18-9(7-14)6-12-2/h9,12H,3-8H2,1-2H3,(H,13,15,16). The molecule has 7 nitrogen and oxygen atoms in total. The van der Waals surface area contributed by atoms with Gasteiger partial charge in [-0.15, -0.1) is 0 Å². The molecule has 1 unspecified atom stereocenters. The van der Waals surface area contributed by atoms with Crippen LogP contribution in [0.3, 0.4) is 0 Å². The van der Waals surface area contributed by atoms with Crippen LogP contribution in [0.15, 0.2) is 0 Å². The lowest BCUT2D eigenvalue weighted by Gasteiger charge is -2.32. The largest absolute Gasteiger partial charge is 0.450 e. The zero-order valence-electron chi connectivity index (χ0n) is 10.9. The van der Waals surface area contributed by atoms with E-state index in [1.165, 1.54) is 0 Å². The topological polar surface area (TPSA) is 79.9 Å². The van der Waals surface area contributed by atoms with E-state index in [1.807, 2.05) is 11.9 Å². The Hall–Kier alpha value is -1.18. The summed E-state index contributed by atoms with van der Waals surface area (Å²) < 4.78 is 10.2. The van der Waals surface area contributed by atoms with Crippen LogP contribution in [0, 0.1) is 0 Å². The fourth-order valence-corrected chi connectivity index (χ4v) is 1.80. The molecule has 0 saturated carbocycles. The van der Waals surface area contributed by atoms with Gasteiger partial charge in [-0.1, -0.05) is 0 Å². The third-order valence-corrected chi connectivity index (χ3v) is 2.54. The van der Waals surface area contributed by atoms with Gasteiger partial charge in [-0.3, -0.25) is 15.0 Å². The molecule has 0 aromatic carbocycles. The van der Waals surface area contributed by atoms with Crippen molar-refractivity contribution >= 4 is 12.0 Å². The van der Waals surface area contributed by atoms with Gasteiger partial charge in [0.2, 0.25) is 5.91 Å². The lowest BCUT2D eigenvalue weighted by molar-refractivity contribution is -0.123. The van der Waals surface area contributed by atoms with Crippen molar-refractivity contribution in [3.63, 3.8) is 0 Å². The number of hydrogen-bond donors (Lipinski definition) is 2. The minimum Gasteiger partial charge on any atom is -0.450 e. The quantitative estimate of drug-likeness (QED) is 0.671. The van der Waals surface area contributed by atoms with Gasteiger partial charge in [-0.05, 0) is 14.0 Å². The van der Waals surface area contributed by atoms with Crippen molar-refractivity contribution in [1.82, 2.24) is 15.5 Å². The number of hydrogen-bond acceptors (Lipinski definition) is 6. The normalized spacial score (nSPS) is 20.4. The average Bonchev–Trinajstić information content (AvgIpc) is 2.29. The molecule has 1 heterocycles. The summed E-state index contributed by atoms with van der Waals surface area (Å²) in [5.74, 6) is -0.349. The Morgan fingerprint density at radius 3 is 2.94 bits per heavy atom. The van der Waals surface area contributed by atoms with Crippen molar-refractivity contribution < 1.29 is 19.1 Å². The molecule has 18 heavy (non-hydrogen) atoms. The Morgan fingerprint density at radius 2 is 2.28 bits per heavy atom. The molecular weight excluding hydrogens is 238 g/mol. The molecule has 0 radical (unpaired) electrons. The first-order chi connectivity index (χ1) is 8.65. The summed E-state index contributed by atoms with van der Waals surface area (Å²) in [6, 6.07) is 0. The van der Waals surface area contributed by atoms with E-state index in [0.717, 1.165) is 6.54 Å². The van der Waals surface area contributed by atoms with Crippen LogP contribution in [-0.2, 0) is 14.3 Å².